The molecule has 0 amide bonds. The summed E-state index contributed by atoms with van der Waals surface area (Å²) in [6.45, 7) is 0.111. The molecule has 4 heteroatoms. The molecule has 124 valence electrons. The van der Waals surface area contributed by atoms with Gasteiger partial charge >= 0.3 is 0 Å². The van der Waals surface area contributed by atoms with Crippen LogP contribution in [0.1, 0.15) is 5.56 Å². The number of aliphatic hydroxyl groups excluding tert-OH is 1. The zero-order valence-electron chi connectivity index (χ0n) is 13.5. The minimum Gasteiger partial charge on any atom is -0.396 e. The molecule has 0 radical (unpaired) electrons. The summed E-state index contributed by atoms with van der Waals surface area (Å²) in [7, 11) is 0. The molecule has 0 saturated carbocycles. The molecule has 25 heavy (non-hydrogen) atoms. The van der Waals surface area contributed by atoms with Crippen molar-refractivity contribution in [1.82, 2.24) is 9.97 Å². The average Bonchev–Trinajstić information content (AvgIpc) is 3.07. The molecule has 2 N–H and O–H groups in total. The fourth-order valence-electron chi connectivity index (χ4n) is 3.12. The molecule has 0 bridgehead atoms. The number of imidazole rings is 1. The quantitative estimate of drug-likeness (QED) is 0.540. The van der Waals surface area contributed by atoms with E-state index in [1.54, 1.807) is 0 Å². The number of halogens is 1. The third-order valence-corrected chi connectivity index (χ3v) is 4.55. The van der Waals surface area contributed by atoms with Crippen molar-refractivity contribution < 1.29 is 5.11 Å². The van der Waals surface area contributed by atoms with Crippen LogP contribution in [0.4, 0.5) is 0 Å². The van der Waals surface area contributed by atoms with Crippen LogP contribution in [0.5, 0.6) is 0 Å². The van der Waals surface area contributed by atoms with E-state index in [9.17, 15) is 5.11 Å². The van der Waals surface area contributed by atoms with Crippen LogP contribution in [0.3, 0.4) is 0 Å². The Kier molecular flexibility index (Phi) is 4.26. The van der Waals surface area contributed by atoms with E-state index in [2.05, 4.69) is 23.2 Å². The highest BCUT2D eigenvalue weighted by Crippen LogP contribution is 2.33. The average molecular weight is 349 g/mol. The summed E-state index contributed by atoms with van der Waals surface area (Å²) >= 11 is 5.98. The number of nitrogens with zero attached hydrogens (tertiary/aromatic N) is 1. The van der Waals surface area contributed by atoms with Crippen LogP contribution in [0.25, 0.3) is 33.5 Å². The lowest BCUT2D eigenvalue weighted by Crippen LogP contribution is -1.95. The molecular weight excluding hydrogens is 332 g/mol. The highest BCUT2D eigenvalue weighted by atomic mass is 35.5. The van der Waals surface area contributed by atoms with Gasteiger partial charge in [-0.05, 0) is 47.9 Å². The zero-order valence-corrected chi connectivity index (χ0v) is 14.3. The molecule has 0 aliphatic carbocycles. The van der Waals surface area contributed by atoms with Crippen LogP contribution in [-0.4, -0.2) is 21.7 Å². The predicted molar refractivity (Wildman–Crippen MR) is 103 cm³/mol. The molecule has 1 heterocycles. The number of hydrogen-bond acceptors (Lipinski definition) is 2. The number of aromatic amines is 1. The van der Waals surface area contributed by atoms with Crippen molar-refractivity contribution in [2.24, 2.45) is 0 Å². The lowest BCUT2D eigenvalue weighted by atomic mass is 9.96. The Hall–Kier alpha value is -2.62. The maximum atomic E-state index is 9.43. The number of rotatable bonds is 4. The Morgan fingerprint density at radius 1 is 0.880 bits per heavy atom. The second-order valence-electron chi connectivity index (χ2n) is 5.93. The Morgan fingerprint density at radius 3 is 2.36 bits per heavy atom. The summed E-state index contributed by atoms with van der Waals surface area (Å²) in [5, 5.41) is 10.1. The fraction of sp³-hybridized carbons (Fsp3) is 0.0952. The van der Waals surface area contributed by atoms with Crippen LogP contribution < -0.4 is 0 Å². The summed E-state index contributed by atoms with van der Waals surface area (Å²) in [5.41, 5.74) is 6.15. The Morgan fingerprint density at radius 2 is 1.64 bits per heavy atom. The van der Waals surface area contributed by atoms with E-state index in [0.29, 0.717) is 11.4 Å². The number of aromatic nitrogens is 2. The fourth-order valence-corrected chi connectivity index (χ4v) is 3.24. The van der Waals surface area contributed by atoms with Crippen molar-refractivity contribution >= 4 is 22.6 Å². The number of hydrogen-bond donors (Lipinski definition) is 2. The maximum absolute atomic E-state index is 9.43. The minimum atomic E-state index is 0.111. The van der Waals surface area contributed by atoms with Gasteiger partial charge in [-0.3, -0.25) is 0 Å². The first-order valence-electron chi connectivity index (χ1n) is 8.20. The van der Waals surface area contributed by atoms with Crippen molar-refractivity contribution in [3.8, 4) is 22.5 Å². The smallest absolute Gasteiger partial charge is 0.138 e. The van der Waals surface area contributed by atoms with E-state index >= 15 is 0 Å². The molecule has 3 aromatic carbocycles. The summed E-state index contributed by atoms with van der Waals surface area (Å²) < 4.78 is 0. The van der Waals surface area contributed by atoms with Crippen LogP contribution in [0.2, 0.25) is 5.02 Å². The molecule has 0 fully saturated rings. The number of benzene rings is 3. The molecule has 0 spiro atoms. The number of fused-ring (bicyclic) bond motifs is 1. The summed E-state index contributed by atoms with van der Waals surface area (Å²) in [6.07, 6.45) is 0.601. The van der Waals surface area contributed by atoms with E-state index in [0.717, 1.165) is 39.1 Å². The van der Waals surface area contributed by atoms with Crippen molar-refractivity contribution in [2.45, 2.75) is 6.42 Å². The van der Waals surface area contributed by atoms with Gasteiger partial charge in [-0.2, -0.15) is 0 Å². The first-order chi connectivity index (χ1) is 12.3. The van der Waals surface area contributed by atoms with Gasteiger partial charge in [0.2, 0.25) is 0 Å². The molecule has 3 nitrogen and oxygen atoms in total. The van der Waals surface area contributed by atoms with Gasteiger partial charge in [-0.1, -0.05) is 48.0 Å². The Bertz CT molecular complexity index is 1010. The van der Waals surface area contributed by atoms with Gasteiger partial charge in [-0.25, -0.2) is 4.98 Å². The summed E-state index contributed by atoms with van der Waals surface area (Å²) in [5.74, 6) is 0.810. The van der Waals surface area contributed by atoms with Crippen LogP contribution >= 0.6 is 11.6 Å². The number of nitrogens with one attached hydrogen (secondary N) is 1. The van der Waals surface area contributed by atoms with Gasteiger partial charge in [0.15, 0.2) is 0 Å². The first-order valence-corrected chi connectivity index (χ1v) is 8.58. The maximum Gasteiger partial charge on any atom is 0.138 e. The molecule has 0 unspecified atom stereocenters. The molecule has 0 aliphatic rings. The van der Waals surface area contributed by atoms with Gasteiger partial charge in [0.25, 0.3) is 0 Å². The predicted octanol–water partition coefficient (Wildman–Crippen LogP) is 5.09. The van der Waals surface area contributed by atoms with Crippen molar-refractivity contribution in [3.05, 3.63) is 77.3 Å². The van der Waals surface area contributed by atoms with E-state index in [4.69, 9.17) is 16.6 Å². The molecule has 1 aromatic heterocycles. The molecular formula is C21H17ClN2O. The summed E-state index contributed by atoms with van der Waals surface area (Å²) in [6, 6.07) is 21.9. The van der Waals surface area contributed by atoms with Crippen molar-refractivity contribution in [2.75, 3.05) is 6.61 Å². The van der Waals surface area contributed by atoms with E-state index in [1.165, 1.54) is 0 Å². The second kappa shape index (κ2) is 6.71. The van der Waals surface area contributed by atoms with E-state index in [-0.39, 0.29) is 6.61 Å². The van der Waals surface area contributed by atoms with Gasteiger partial charge in [0.05, 0.1) is 11.0 Å². The van der Waals surface area contributed by atoms with Crippen LogP contribution in [-0.2, 0) is 6.42 Å². The van der Waals surface area contributed by atoms with Gasteiger partial charge in [-0.15, -0.1) is 0 Å². The van der Waals surface area contributed by atoms with Gasteiger partial charge in [0, 0.05) is 22.8 Å². The van der Waals surface area contributed by atoms with Gasteiger partial charge < -0.3 is 10.1 Å². The number of H-pyrrole nitrogens is 1. The highest BCUT2D eigenvalue weighted by Gasteiger charge is 2.14. The minimum absolute atomic E-state index is 0.111. The largest absolute Gasteiger partial charge is 0.396 e. The molecule has 0 saturated heterocycles. The first kappa shape index (κ1) is 15.9. The van der Waals surface area contributed by atoms with Gasteiger partial charge in [0.1, 0.15) is 5.82 Å². The normalized spacial score (nSPS) is 11.1. The van der Waals surface area contributed by atoms with E-state index < -0.39 is 0 Å². The molecule has 0 atom stereocenters. The van der Waals surface area contributed by atoms with Crippen LogP contribution in [0.15, 0.2) is 66.7 Å². The SMILES string of the molecule is OCCc1ccc2[nH]c(-c3ccc(Cl)cc3)nc2c1-c1ccccc1. The third-order valence-electron chi connectivity index (χ3n) is 4.30. The van der Waals surface area contributed by atoms with E-state index in [1.807, 2.05) is 48.5 Å². The second-order valence-corrected chi connectivity index (χ2v) is 6.36. The highest BCUT2D eigenvalue weighted by molar-refractivity contribution is 6.30. The number of aliphatic hydroxyl groups is 1. The molecule has 4 rings (SSSR count). The van der Waals surface area contributed by atoms with Crippen LogP contribution in [0, 0.1) is 0 Å². The molecule has 0 aliphatic heterocycles. The Labute approximate surface area is 150 Å². The summed E-state index contributed by atoms with van der Waals surface area (Å²) in [4.78, 5) is 8.25. The standard InChI is InChI=1S/C21H17ClN2O/c22-17-9-6-16(7-10-17)21-23-18-11-8-15(12-13-25)19(20(18)24-21)14-4-2-1-3-5-14/h1-11,25H,12-13H2,(H,23,24). The topological polar surface area (TPSA) is 48.9 Å². The van der Waals surface area contributed by atoms with Crippen molar-refractivity contribution in [1.29, 1.82) is 0 Å². The Balaban J connectivity index is 1.93. The monoisotopic (exact) mass is 348 g/mol. The molecule has 4 aromatic rings. The lowest BCUT2D eigenvalue weighted by Gasteiger charge is -2.09. The zero-order chi connectivity index (χ0) is 17.2. The third kappa shape index (κ3) is 3.04. The van der Waals surface area contributed by atoms with Crippen molar-refractivity contribution in [3.63, 3.8) is 0 Å². The lowest BCUT2D eigenvalue weighted by molar-refractivity contribution is 0.300.